The largest absolute Gasteiger partial charge is 0.507 e. The van der Waals surface area contributed by atoms with Gasteiger partial charge in [-0.1, -0.05) is 29.4 Å². The first kappa shape index (κ1) is 34.2. The van der Waals surface area contributed by atoms with Gasteiger partial charge in [-0.2, -0.15) is 4.98 Å². The van der Waals surface area contributed by atoms with Gasteiger partial charge in [-0.15, -0.1) is 0 Å². The summed E-state index contributed by atoms with van der Waals surface area (Å²) in [6.07, 6.45) is 7.66. The fourth-order valence-electron chi connectivity index (χ4n) is 6.06. The van der Waals surface area contributed by atoms with Gasteiger partial charge >= 0.3 is 5.97 Å². The van der Waals surface area contributed by atoms with Crippen LogP contribution < -0.4 is 14.8 Å². The molecule has 50 heavy (non-hydrogen) atoms. The predicted octanol–water partition coefficient (Wildman–Crippen LogP) is 5.63. The van der Waals surface area contributed by atoms with Crippen LogP contribution in [0.2, 0.25) is 0 Å². The van der Waals surface area contributed by atoms with Crippen molar-refractivity contribution < 1.29 is 43.3 Å². The molecule has 4 aromatic rings. The standard InChI is InChI=1S/C37H38N4O9/c1-22-8-7-11-25(42)10-4-2-3-9-24-18-28(43)34(35(45)33(24)37(46)49-22)26(23-13-14-29-30(19-23)48-21-47-29)20-31(44)39-17-15-32-40-36(41-50-32)27-12-5-6-16-38-27/h3,5-6,9,12-14,16,18-19,22,26,43,45H,2,4,7-8,10-11,15,17,20-21H2,1H3,(H,39,44)/b9-3+/t22-,26?/m0/s1. The number of nitrogens with one attached hydrogen (secondary N) is 1. The maximum absolute atomic E-state index is 13.6. The zero-order chi connectivity index (χ0) is 35.0. The van der Waals surface area contributed by atoms with Crippen LogP contribution in [0.4, 0.5) is 0 Å². The minimum absolute atomic E-state index is 0.0145. The topological polar surface area (TPSA) is 183 Å². The second-order valence-corrected chi connectivity index (χ2v) is 12.3. The Morgan fingerprint density at radius 3 is 2.74 bits per heavy atom. The van der Waals surface area contributed by atoms with E-state index in [0.29, 0.717) is 73.0 Å². The quantitative estimate of drug-likeness (QED) is 0.195. The van der Waals surface area contributed by atoms with E-state index >= 15 is 0 Å². The normalized spacial score (nSPS) is 17.7. The molecule has 1 unspecified atom stereocenters. The van der Waals surface area contributed by atoms with Crippen molar-refractivity contribution in [3.63, 3.8) is 0 Å². The molecule has 0 bridgehead atoms. The smallest absolute Gasteiger partial charge is 0.342 e. The van der Waals surface area contributed by atoms with Crippen molar-refractivity contribution in [1.29, 1.82) is 0 Å². The number of pyridine rings is 1. The molecule has 6 rings (SSSR count). The number of allylic oxidation sites excluding steroid dienone is 1. The summed E-state index contributed by atoms with van der Waals surface area (Å²) in [6.45, 7) is 1.93. The molecular formula is C37H38N4O9. The molecule has 13 heteroatoms. The number of aromatic hydroxyl groups is 2. The lowest BCUT2D eigenvalue weighted by atomic mass is 9.84. The van der Waals surface area contributed by atoms with Crippen LogP contribution in [0.3, 0.4) is 0 Å². The Bertz CT molecular complexity index is 1890. The van der Waals surface area contributed by atoms with Crippen LogP contribution >= 0.6 is 0 Å². The SMILES string of the molecule is C[C@H]1CCCC(=O)CCC/C=C/c2cc(O)c(C(CC(=O)NCCc3nc(-c4ccccn4)no3)c3ccc4c(c3)OCO4)c(O)c2C(=O)O1. The van der Waals surface area contributed by atoms with E-state index in [4.69, 9.17) is 18.7 Å². The minimum Gasteiger partial charge on any atom is -0.507 e. The van der Waals surface area contributed by atoms with Crippen molar-refractivity contribution in [3.8, 4) is 34.5 Å². The van der Waals surface area contributed by atoms with Crippen molar-refractivity contribution in [2.75, 3.05) is 13.3 Å². The summed E-state index contributed by atoms with van der Waals surface area (Å²) in [7, 11) is 0. The van der Waals surface area contributed by atoms with Gasteiger partial charge in [0.25, 0.3) is 0 Å². The molecule has 0 saturated heterocycles. The van der Waals surface area contributed by atoms with E-state index in [9.17, 15) is 24.6 Å². The number of cyclic esters (lactones) is 1. The Hall–Kier alpha value is -5.72. The van der Waals surface area contributed by atoms with Gasteiger partial charge < -0.3 is 34.3 Å². The van der Waals surface area contributed by atoms with Gasteiger partial charge in [-0.25, -0.2) is 4.79 Å². The average Bonchev–Trinajstić information content (AvgIpc) is 3.77. The number of fused-ring (bicyclic) bond motifs is 2. The Kier molecular flexibility index (Phi) is 10.7. The number of rotatable bonds is 8. The lowest BCUT2D eigenvalue weighted by molar-refractivity contribution is -0.121. The van der Waals surface area contributed by atoms with Crippen LogP contribution in [0.15, 0.2) is 59.3 Å². The van der Waals surface area contributed by atoms with Gasteiger partial charge in [0.1, 0.15) is 28.5 Å². The molecule has 2 aliphatic heterocycles. The van der Waals surface area contributed by atoms with E-state index in [2.05, 4.69) is 20.4 Å². The number of Topliss-reactive ketones (excluding diaryl/α,β-unsaturated/α-hetero) is 1. The molecular weight excluding hydrogens is 644 g/mol. The summed E-state index contributed by atoms with van der Waals surface area (Å²) in [6, 6.07) is 11.8. The van der Waals surface area contributed by atoms with Crippen molar-refractivity contribution in [2.45, 2.75) is 70.3 Å². The van der Waals surface area contributed by atoms with Crippen LogP contribution in [0.1, 0.15) is 90.7 Å². The van der Waals surface area contributed by atoms with Gasteiger partial charge in [-0.05, 0) is 74.1 Å². The van der Waals surface area contributed by atoms with Crippen molar-refractivity contribution >= 4 is 23.7 Å². The van der Waals surface area contributed by atoms with Crippen LogP contribution in [0, 0.1) is 0 Å². The number of aromatic nitrogens is 3. The number of hydrogen-bond donors (Lipinski definition) is 3. The molecule has 260 valence electrons. The fraction of sp³-hybridized carbons (Fsp3) is 0.351. The van der Waals surface area contributed by atoms with Crippen molar-refractivity contribution in [2.24, 2.45) is 0 Å². The number of nitrogens with zero attached hydrogens (tertiary/aromatic N) is 3. The third-order valence-corrected chi connectivity index (χ3v) is 8.61. The molecule has 2 aromatic carbocycles. The van der Waals surface area contributed by atoms with Gasteiger partial charge in [0.05, 0.1) is 6.10 Å². The molecule has 2 aliphatic rings. The zero-order valence-corrected chi connectivity index (χ0v) is 27.6. The van der Waals surface area contributed by atoms with Gasteiger partial charge in [0.15, 0.2) is 11.5 Å². The number of phenolic OH excluding ortho intramolecular Hbond substituents is 2. The second kappa shape index (κ2) is 15.7. The summed E-state index contributed by atoms with van der Waals surface area (Å²) in [4.78, 5) is 47.9. The van der Waals surface area contributed by atoms with E-state index in [1.165, 1.54) is 6.07 Å². The third kappa shape index (κ3) is 8.11. The van der Waals surface area contributed by atoms with Crippen LogP contribution in [-0.4, -0.2) is 62.4 Å². The highest BCUT2D eigenvalue weighted by molar-refractivity contribution is 5.98. The number of benzene rings is 2. The predicted molar refractivity (Wildman–Crippen MR) is 180 cm³/mol. The average molecular weight is 683 g/mol. The monoisotopic (exact) mass is 682 g/mol. The molecule has 0 saturated carbocycles. The van der Waals surface area contributed by atoms with E-state index in [-0.39, 0.29) is 54.4 Å². The maximum Gasteiger partial charge on any atom is 0.342 e. The van der Waals surface area contributed by atoms with E-state index in [1.54, 1.807) is 55.6 Å². The lowest BCUT2D eigenvalue weighted by Crippen LogP contribution is -2.27. The first-order valence-corrected chi connectivity index (χ1v) is 16.6. The highest BCUT2D eigenvalue weighted by atomic mass is 16.7. The number of ketones is 1. The summed E-state index contributed by atoms with van der Waals surface area (Å²) < 4.78 is 22.1. The van der Waals surface area contributed by atoms with Gasteiger partial charge in [0, 0.05) is 49.9 Å². The number of phenols is 2. The first-order valence-electron chi connectivity index (χ1n) is 16.6. The molecule has 0 aliphatic carbocycles. The zero-order valence-electron chi connectivity index (χ0n) is 27.6. The third-order valence-electron chi connectivity index (χ3n) is 8.61. The number of hydrogen-bond acceptors (Lipinski definition) is 12. The maximum atomic E-state index is 13.6. The number of ether oxygens (including phenoxy) is 3. The number of carbonyl (C=O) groups excluding carboxylic acids is 3. The molecule has 13 nitrogen and oxygen atoms in total. The lowest BCUT2D eigenvalue weighted by Gasteiger charge is -2.23. The van der Waals surface area contributed by atoms with Gasteiger partial charge in [-0.3, -0.25) is 14.6 Å². The number of carbonyl (C=O) groups is 3. The second-order valence-electron chi connectivity index (χ2n) is 12.3. The Morgan fingerprint density at radius 1 is 1.06 bits per heavy atom. The fourth-order valence-corrected chi connectivity index (χ4v) is 6.06. The first-order chi connectivity index (χ1) is 24.3. The Morgan fingerprint density at radius 2 is 1.90 bits per heavy atom. The van der Waals surface area contributed by atoms with Crippen LogP contribution in [0.5, 0.6) is 23.0 Å². The molecule has 0 fully saturated rings. The summed E-state index contributed by atoms with van der Waals surface area (Å²) in [5.41, 5.74) is 1.21. The Balaban J connectivity index is 1.28. The van der Waals surface area contributed by atoms with E-state index in [0.717, 1.165) is 0 Å². The highest BCUT2D eigenvalue weighted by Crippen LogP contribution is 2.46. The van der Waals surface area contributed by atoms with Crippen molar-refractivity contribution in [3.05, 3.63) is 82.9 Å². The minimum atomic E-state index is -0.915. The molecule has 1 amide bonds. The molecule has 3 N–H and O–H groups in total. The molecule has 2 aromatic heterocycles. The molecule has 0 radical (unpaired) electrons. The summed E-state index contributed by atoms with van der Waals surface area (Å²) >= 11 is 0. The Labute approximate surface area is 288 Å². The summed E-state index contributed by atoms with van der Waals surface area (Å²) in [5.74, 6) is -1.13. The van der Waals surface area contributed by atoms with Gasteiger partial charge in [0.2, 0.25) is 24.4 Å². The summed E-state index contributed by atoms with van der Waals surface area (Å²) in [5, 5.41) is 30.1. The van der Waals surface area contributed by atoms with Crippen LogP contribution in [0.25, 0.3) is 17.6 Å². The number of esters is 1. The van der Waals surface area contributed by atoms with Crippen LogP contribution in [-0.2, 0) is 20.7 Å². The molecule has 2 atom stereocenters. The highest BCUT2D eigenvalue weighted by Gasteiger charge is 2.32. The molecule has 0 spiro atoms. The van der Waals surface area contributed by atoms with E-state index in [1.807, 2.05) is 6.07 Å². The number of amides is 1. The molecule has 4 heterocycles. The van der Waals surface area contributed by atoms with Crippen molar-refractivity contribution in [1.82, 2.24) is 20.4 Å². The van der Waals surface area contributed by atoms with E-state index < -0.39 is 29.6 Å².